The van der Waals surface area contributed by atoms with Crippen molar-refractivity contribution in [3.63, 3.8) is 0 Å². The van der Waals surface area contributed by atoms with E-state index >= 15 is 0 Å². The van der Waals surface area contributed by atoms with Crippen molar-refractivity contribution in [1.29, 1.82) is 0 Å². The Morgan fingerprint density at radius 1 is 1.42 bits per heavy atom. The molecule has 1 aromatic heterocycles. The largest absolute Gasteiger partial charge is 0.298 e. The molecule has 0 bridgehead atoms. The predicted molar refractivity (Wildman–Crippen MR) is 83.3 cm³/mol. The van der Waals surface area contributed by atoms with Gasteiger partial charge in [0, 0.05) is 15.8 Å². The maximum Gasteiger partial charge on any atom is 0.257 e. The van der Waals surface area contributed by atoms with Gasteiger partial charge in [-0.2, -0.15) is 0 Å². The Balaban J connectivity index is 2.20. The van der Waals surface area contributed by atoms with Crippen LogP contribution in [0.25, 0.3) is 0 Å². The number of rotatable bonds is 4. The van der Waals surface area contributed by atoms with Crippen molar-refractivity contribution >= 4 is 38.3 Å². The number of carbonyl (C=O) groups excluding carboxylic acids is 1. The molecule has 0 atom stereocenters. The quantitative estimate of drug-likeness (QED) is 0.850. The SMILES string of the molecule is CCc1nc(NC(=O)c2ccccc2CBr)sc1C. The minimum atomic E-state index is -0.105. The van der Waals surface area contributed by atoms with E-state index in [4.69, 9.17) is 0 Å². The summed E-state index contributed by atoms with van der Waals surface area (Å²) in [5, 5.41) is 4.21. The van der Waals surface area contributed by atoms with Crippen LogP contribution < -0.4 is 5.32 Å². The number of benzene rings is 1. The standard InChI is InChI=1S/C14H15BrN2OS/c1-3-12-9(2)19-14(16-12)17-13(18)11-7-5-4-6-10(11)8-15/h4-7H,3,8H2,1-2H3,(H,16,17,18). The van der Waals surface area contributed by atoms with Gasteiger partial charge in [-0.25, -0.2) is 4.98 Å². The fourth-order valence-corrected chi connectivity index (χ4v) is 3.22. The summed E-state index contributed by atoms with van der Waals surface area (Å²) >= 11 is 4.92. The molecule has 0 aliphatic carbocycles. The number of hydrogen-bond acceptors (Lipinski definition) is 3. The van der Waals surface area contributed by atoms with Crippen LogP contribution in [-0.2, 0) is 11.8 Å². The van der Waals surface area contributed by atoms with E-state index in [1.54, 1.807) is 0 Å². The lowest BCUT2D eigenvalue weighted by molar-refractivity contribution is 0.102. The molecule has 1 amide bonds. The van der Waals surface area contributed by atoms with Crippen molar-refractivity contribution in [1.82, 2.24) is 4.98 Å². The van der Waals surface area contributed by atoms with E-state index in [1.807, 2.05) is 31.2 Å². The van der Waals surface area contributed by atoms with Crippen molar-refractivity contribution in [2.45, 2.75) is 25.6 Å². The number of carbonyl (C=O) groups is 1. The topological polar surface area (TPSA) is 42.0 Å². The van der Waals surface area contributed by atoms with Crippen molar-refractivity contribution in [2.75, 3.05) is 5.32 Å². The van der Waals surface area contributed by atoms with Gasteiger partial charge >= 0.3 is 0 Å². The monoisotopic (exact) mass is 338 g/mol. The van der Waals surface area contributed by atoms with Crippen molar-refractivity contribution in [3.8, 4) is 0 Å². The molecule has 0 radical (unpaired) electrons. The molecule has 0 saturated heterocycles. The molecule has 1 aromatic carbocycles. The number of thiazole rings is 1. The number of hydrogen-bond donors (Lipinski definition) is 1. The van der Waals surface area contributed by atoms with Gasteiger partial charge in [0.2, 0.25) is 0 Å². The average molecular weight is 339 g/mol. The summed E-state index contributed by atoms with van der Waals surface area (Å²) < 4.78 is 0. The second-order valence-electron chi connectivity index (χ2n) is 4.12. The molecule has 0 unspecified atom stereocenters. The zero-order valence-corrected chi connectivity index (χ0v) is 13.3. The van der Waals surface area contributed by atoms with Crippen LogP contribution in [-0.4, -0.2) is 10.9 Å². The number of nitrogens with zero attached hydrogens (tertiary/aromatic N) is 1. The van der Waals surface area contributed by atoms with Gasteiger partial charge < -0.3 is 0 Å². The van der Waals surface area contributed by atoms with Gasteiger partial charge in [0.25, 0.3) is 5.91 Å². The lowest BCUT2D eigenvalue weighted by Crippen LogP contribution is -2.13. The summed E-state index contributed by atoms with van der Waals surface area (Å²) in [4.78, 5) is 17.8. The number of aromatic nitrogens is 1. The first-order chi connectivity index (χ1) is 9.15. The molecule has 2 rings (SSSR count). The molecule has 0 aliphatic rings. The minimum absolute atomic E-state index is 0.105. The van der Waals surface area contributed by atoms with Gasteiger partial charge in [0.05, 0.1) is 5.69 Å². The Labute approximate surface area is 125 Å². The molecular weight excluding hydrogens is 324 g/mol. The van der Waals surface area contributed by atoms with Gasteiger partial charge in [-0.1, -0.05) is 41.1 Å². The Morgan fingerprint density at radius 2 is 2.16 bits per heavy atom. The highest BCUT2D eigenvalue weighted by atomic mass is 79.9. The van der Waals surface area contributed by atoms with Crippen molar-refractivity contribution in [2.24, 2.45) is 0 Å². The van der Waals surface area contributed by atoms with Crippen LogP contribution in [0.2, 0.25) is 0 Å². The first-order valence-corrected chi connectivity index (χ1v) is 8.01. The van der Waals surface area contributed by atoms with Crippen LogP contribution in [0.1, 0.15) is 33.4 Å². The zero-order chi connectivity index (χ0) is 13.8. The summed E-state index contributed by atoms with van der Waals surface area (Å²) in [6, 6.07) is 7.56. The normalized spacial score (nSPS) is 10.5. The van der Waals surface area contributed by atoms with Gasteiger partial charge in [0.1, 0.15) is 0 Å². The summed E-state index contributed by atoms with van der Waals surface area (Å²) in [7, 11) is 0. The van der Waals surface area contributed by atoms with E-state index in [0.29, 0.717) is 16.0 Å². The van der Waals surface area contributed by atoms with E-state index in [-0.39, 0.29) is 5.91 Å². The van der Waals surface area contributed by atoms with Crippen LogP contribution in [0, 0.1) is 6.92 Å². The van der Waals surface area contributed by atoms with E-state index < -0.39 is 0 Å². The molecule has 0 saturated carbocycles. The molecule has 3 nitrogen and oxygen atoms in total. The number of halogens is 1. The van der Waals surface area contributed by atoms with Gasteiger partial charge in [-0.15, -0.1) is 11.3 Å². The third-order valence-corrected chi connectivity index (χ3v) is 4.39. The second kappa shape index (κ2) is 6.30. The van der Waals surface area contributed by atoms with Crippen LogP contribution in [0.4, 0.5) is 5.13 Å². The zero-order valence-electron chi connectivity index (χ0n) is 10.9. The maximum atomic E-state index is 12.2. The Morgan fingerprint density at radius 3 is 2.79 bits per heavy atom. The van der Waals surface area contributed by atoms with Crippen LogP contribution in [0.3, 0.4) is 0 Å². The molecule has 1 N–H and O–H groups in total. The van der Waals surface area contributed by atoms with Crippen LogP contribution >= 0.6 is 27.3 Å². The van der Waals surface area contributed by atoms with Crippen LogP contribution in [0.15, 0.2) is 24.3 Å². The van der Waals surface area contributed by atoms with E-state index in [2.05, 4.69) is 33.2 Å². The predicted octanol–water partition coefficient (Wildman–Crippen LogP) is 4.16. The molecule has 0 spiro atoms. The lowest BCUT2D eigenvalue weighted by atomic mass is 10.1. The molecule has 1 heterocycles. The number of nitrogens with one attached hydrogen (secondary N) is 1. The minimum Gasteiger partial charge on any atom is -0.298 e. The van der Waals surface area contributed by atoms with Crippen LogP contribution in [0.5, 0.6) is 0 Å². The fraction of sp³-hybridized carbons (Fsp3) is 0.286. The molecule has 5 heteroatoms. The Bertz CT molecular complexity index is 595. The molecule has 100 valence electrons. The number of anilines is 1. The van der Waals surface area contributed by atoms with E-state index in [0.717, 1.165) is 22.6 Å². The summed E-state index contributed by atoms with van der Waals surface area (Å²) in [6.07, 6.45) is 0.885. The molecule has 2 aromatic rings. The van der Waals surface area contributed by atoms with E-state index in [1.165, 1.54) is 11.3 Å². The first-order valence-electron chi connectivity index (χ1n) is 6.07. The van der Waals surface area contributed by atoms with Crippen molar-refractivity contribution in [3.05, 3.63) is 46.0 Å². The molecular formula is C14H15BrN2OS. The summed E-state index contributed by atoms with van der Waals surface area (Å²) in [6.45, 7) is 4.09. The smallest absolute Gasteiger partial charge is 0.257 e. The second-order valence-corrected chi connectivity index (χ2v) is 5.88. The van der Waals surface area contributed by atoms with Gasteiger partial charge in [-0.05, 0) is 25.0 Å². The highest BCUT2D eigenvalue weighted by Crippen LogP contribution is 2.23. The summed E-state index contributed by atoms with van der Waals surface area (Å²) in [5.41, 5.74) is 2.71. The highest BCUT2D eigenvalue weighted by molar-refractivity contribution is 9.08. The highest BCUT2D eigenvalue weighted by Gasteiger charge is 2.13. The number of aryl methyl sites for hydroxylation is 2. The molecule has 0 fully saturated rings. The Hall–Kier alpha value is -1.20. The first kappa shape index (κ1) is 14.2. The van der Waals surface area contributed by atoms with E-state index in [9.17, 15) is 4.79 Å². The van der Waals surface area contributed by atoms with Gasteiger partial charge in [-0.3, -0.25) is 10.1 Å². The Kier molecular flexibility index (Phi) is 4.71. The van der Waals surface area contributed by atoms with Gasteiger partial charge in [0.15, 0.2) is 5.13 Å². The maximum absolute atomic E-state index is 12.2. The molecule has 19 heavy (non-hydrogen) atoms. The number of amides is 1. The third-order valence-electron chi connectivity index (χ3n) is 2.85. The molecule has 0 aliphatic heterocycles. The lowest BCUT2D eigenvalue weighted by Gasteiger charge is -2.06. The third kappa shape index (κ3) is 3.22. The van der Waals surface area contributed by atoms with Crippen molar-refractivity contribution < 1.29 is 4.79 Å². The number of alkyl halides is 1. The summed E-state index contributed by atoms with van der Waals surface area (Å²) in [5.74, 6) is -0.105. The average Bonchev–Trinajstić information content (AvgIpc) is 2.78. The fourth-order valence-electron chi connectivity index (χ4n) is 1.83.